The van der Waals surface area contributed by atoms with Crippen LogP contribution in [0, 0.1) is 5.41 Å². The van der Waals surface area contributed by atoms with Crippen LogP contribution in [0.25, 0.3) is 0 Å². The summed E-state index contributed by atoms with van der Waals surface area (Å²) in [6, 6.07) is 1.40. The molecule has 0 spiro atoms. The van der Waals surface area contributed by atoms with Crippen LogP contribution in [0.3, 0.4) is 0 Å². The molecule has 2 unspecified atom stereocenters. The van der Waals surface area contributed by atoms with E-state index in [1.165, 1.54) is 38.8 Å². The summed E-state index contributed by atoms with van der Waals surface area (Å²) >= 11 is 0. The first kappa shape index (κ1) is 13.3. The van der Waals surface area contributed by atoms with Gasteiger partial charge >= 0.3 is 0 Å². The SMILES string of the molecule is COCCN(CC1CCCN1)C(C)C1(C)CC1. The van der Waals surface area contributed by atoms with Crippen molar-refractivity contribution in [1.29, 1.82) is 0 Å². The zero-order valence-electron chi connectivity index (χ0n) is 11.7. The monoisotopic (exact) mass is 240 g/mol. The minimum absolute atomic E-state index is 0.576. The van der Waals surface area contributed by atoms with Gasteiger partial charge in [0.05, 0.1) is 6.61 Å². The van der Waals surface area contributed by atoms with Crippen LogP contribution in [0.4, 0.5) is 0 Å². The average molecular weight is 240 g/mol. The Morgan fingerprint density at radius 2 is 2.24 bits per heavy atom. The minimum atomic E-state index is 0.576. The van der Waals surface area contributed by atoms with Gasteiger partial charge in [-0.1, -0.05) is 6.92 Å². The van der Waals surface area contributed by atoms with Gasteiger partial charge in [0.1, 0.15) is 0 Å². The third kappa shape index (κ3) is 3.43. The molecule has 0 aromatic carbocycles. The molecule has 3 nitrogen and oxygen atoms in total. The summed E-state index contributed by atoms with van der Waals surface area (Å²) in [5.41, 5.74) is 0.576. The maximum atomic E-state index is 5.26. The van der Waals surface area contributed by atoms with Crippen molar-refractivity contribution in [2.45, 2.75) is 51.6 Å². The first-order valence-corrected chi connectivity index (χ1v) is 7.12. The summed E-state index contributed by atoms with van der Waals surface area (Å²) in [6.07, 6.45) is 5.48. The van der Waals surface area contributed by atoms with Crippen LogP contribution in [0.15, 0.2) is 0 Å². The Hall–Kier alpha value is -0.120. The Morgan fingerprint density at radius 1 is 1.47 bits per heavy atom. The molecule has 0 aromatic rings. The molecule has 100 valence electrons. The maximum absolute atomic E-state index is 5.26. The van der Waals surface area contributed by atoms with Gasteiger partial charge < -0.3 is 10.1 Å². The molecule has 1 aliphatic heterocycles. The third-order valence-electron chi connectivity index (χ3n) is 4.79. The lowest BCUT2D eigenvalue weighted by Gasteiger charge is -2.35. The van der Waals surface area contributed by atoms with Crippen molar-refractivity contribution in [2.24, 2.45) is 5.41 Å². The number of nitrogens with one attached hydrogen (secondary N) is 1. The van der Waals surface area contributed by atoms with E-state index in [0.717, 1.165) is 13.2 Å². The van der Waals surface area contributed by atoms with E-state index in [9.17, 15) is 0 Å². The zero-order chi connectivity index (χ0) is 12.3. The molecule has 1 aliphatic carbocycles. The number of hydrogen-bond acceptors (Lipinski definition) is 3. The normalized spacial score (nSPS) is 28.6. The molecular weight excluding hydrogens is 212 g/mol. The van der Waals surface area contributed by atoms with Gasteiger partial charge in [-0.05, 0) is 44.6 Å². The van der Waals surface area contributed by atoms with Crippen molar-refractivity contribution in [3.05, 3.63) is 0 Å². The fourth-order valence-electron chi connectivity index (χ4n) is 2.90. The Kier molecular flexibility index (Phi) is 4.45. The van der Waals surface area contributed by atoms with Crippen molar-refractivity contribution in [1.82, 2.24) is 10.2 Å². The van der Waals surface area contributed by atoms with E-state index in [1.54, 1.807) is 7.11 Å². The number of ether oxygens (including phenoxy) is 1. The quantitative estimate of drug-likeness (QED) is 0.735. The molecule has 1 saturated heterocycles. The highest BCUT2D eigenvalue weighted by Gasteiger charge is 2.45. The molecule has 3 heteroatoms. The van der Waals surface area contributed by atoms with Crippen molar-refractivity contribution in [3.8, 4) is 0 Å². The van der Waals surface area contributed by atoms with Crippen LogP contribution in [0.2, 0.25) is 0 Å². The fraction of sp³-hybridized carbons (Fsp3) is 1.00. The van der Waals surface area contributed by atoms with E-state index in [4.69, 9.17) is 4.74 Å². The van der Waals surface area contributed by atoms with Gasteiger partial charge in [-0.15, -0.1) is 0 Å². The van der Waals surface area contributed by atoms with Crippen LogP contribution in [0.1, 0.15) is 39.5 Å². The summed E-state index contributed by atoms with van der Waals surface area (Å²) in [7, 11) is 1.80. The van der Waals surface area contributed by atoms with Crippen molar-refractivity contribution in [2.75, 3.05) is 33.4 Å². The maximum Gasteiger partial charge on any atom is 0.0589 e. The highest BCUT2D eigenvalue weighted by molar-refractivity contribution is 4.98. The van der Waals surface area contributed by atoms with E-state index in [0.29, 0.717) is 17.5 Å². The van der Waals surface area contributed by atoms with E-state index in [1.807, 2.05) is 0 Å². The van der Waals surface area contributed by atoms with Crippen molar-refractivity contribution >= 4 is 0 Å². The Bertz CT molecular complexity index is 234. The Morgan fingerprint density at radius 3 is 2.76 bits per heavy atom. The molecule has 1 saturated carbocycles. The third-order valence-corrected chi connectivity index (χ3v) is 4.79. The highest BCUT2D eigenvalue weighted by Crippen LogP contribution is 2.49. The van der Waals surface area contributed by atoms with Gasteiger partial charge in [0, 0.05) is 32.3 Å². The second kappa shape index (κ2) is 5.68. The second-order valence-corrected chi connectivity index (χ2v) is 6.11. The minimum Gasteiger partial charge on any atom is -0.383 e. The van der Waals surface area contributed by atoms with Crippen LogP contribution in [-0.4, -0.2) is 50.3 Å². The standard InChI is InChI=1S/C14H28N2O/c1-12(14(2)6-7-14)16(9-10-17-3)11-13-5-4-8-15-13/h12-13,15H,4-11H2,1-3H3. The van der Waals surface area contributed by atoms with Crippen LogP contribution >= 0.6 is 0 Å². The number of methoxy groups -OCH3 is 1. The van der Waals surface area contributed by atoms with E-state index < -0.39 is 0 Å². The van der Waals surface area contributed by atoms with E-state index in [-0.39, 0.29) is 0 Å². The second-order valence-electron chi connectivity index (χ2n) is 6.11. The smallest absolute Gasteiger partial charge is 0.0589 e. The average Bonchev–Trinajstić information content (AvgIpc) is 2.88. The molecule has 0 radical (unpaired) electrons. The molecule has 2 rings (SSSR count). The summed E-state index contributed by atoms with van der Waals surface area (Å²) in [5, 5.41) is 3.61. The molecule has 0 bridgehead atoms. The predicted molar refractivity (Wildman–Crippen MR) is 71.3 cm³/mol. The van der Waals surface area contributed by atoms with Crippen molar-refractivity contribution < 1.29 is 4.74 Å². The highest BCUT2D eigenvalue weighted by atomic mass is 16.5. The van der Waals surface area contributed by atoms with Gasteiger partial charge in [0.25, 0.3) is 0 Å². The lowest BCUT2D eigenvalue weighted by atomic mass is 9.98. The summed E-state index contributed by atoms with van der Waals surface area (Å²) in [4.78, 5) is 2.64. The van der Waals surface area contributed by atoms with Crippen LogP contribution in [-0.2, 0) is 4.74 Å². The predicted octanol–water partition coefficient (Wildman–Crippen LogP) is 1.88. The molecule has 17 heavy (non-hydrogen) atoms. The Labute approximate surface area is 106 Å². The number of rotatable bonds is 7. The molecule has 2 atom stereocenters. The van der Waals surface area contributed by atoms with Gasteiger partial charge in [-0.2, -0.15) is 0 Å². The molecule has 0 amide bonds. The number of hydrogen-bond donors (Lipinski definition) is 1. The Balaban J connectivity index is 1.87. The molecule has 2 fully saturated rings. The summed E-state index contributed by atoms with van der Waals surface area (Å²) < 4.78 is 5.26. The van der Waals surface area contributed by atoms with E-state index >= 15 is 0 Å². The molecule has 2 aliphatic rings. The molecule has 1 heterocycles. The lowest BCUT2D eigenvalue weighted by Crippen LogP contribution is -2.46. The lowest BCUT2D eigenvalue weighted by molar-refractivity contribution is 0.0911. The van der Waals surface area contributed by atoms with Gasteiger partial charge in [-0.25, -0.2) is 0 Å². The first-order chi connectivity index (χ1) is 8.15. The van der Waals surface area contributed by atoms with Crippen molar-refractivity contribution in [3.63, 3.8) is 0 Å². The molecular formula is C14H28N2O. The number of nitrogens with zero attached hydrogens (tertiary/aromatic N) is 1. The molecule has 1 N–H and O–H groups in total. The van der Waals surface area contributed by atoms with E-state index in [2.05, 4.69) is 24.1 Å². The summed E-state index contributed by atoms with van der Waals surface area (Å²) in [6.45, 7) is 9.16. The van der Waals surface area contributed by atoms with Gasteiger partial charge in [0.2, 0.25) is 0 Å². The van der Waals surface area contributed by atoms with Gasteiger partial charge in [0.15, 0.2) is 0 Å². The van der Waals surface area contributed by atoms with Crippen LogP contribution in [0.5, 0.6) is 0 Å². The first-order valence-electron chi connectivity index (χ1n) is 7.12. The largest absolute Gasteiger partial charge is 0.383 e. The zero-order valence-corrected chi connectivity index (χ0v) is 11.7. The fourth-order valence-corrected chi connectivity index (χ4v) is 2.90. The van der Waals surface area contributed by atoms with Crippen LogP contribution < -0.4 is 5.32 Å². The molecule has 0 aromatic heterocycles. The van der Waals surface area contributed by atoms with Gasteiger partial charge in [-0.3, -0.25) is 4.90 Å². The summed E-state index contributed by atoms with van der Waals surface area (Å²) in [5.74, 6) is 0. The topological polar surface area (TPSA) is 24.5 Å².